The first-order chi connectivity index (χ1) is 13.9. The third-order valence-corrected chi connectivity index (χ3v) is 5.17. The SMILES string of the molecule is Cc1ccc(CC(=O)C(=O)NCC(=O)N2CCN(c3ccc(C)cc3)CC2)cc1. The Labute approximate surface area is 171 Å². The predicted octanol–water partition coefficient (Wildman–Crippen LogP) is 1.88. The zero-order chi connectivity index (χ0) is 20.8. The molecule has 1 saturated heterocycles. The molecule has 0 bridgehead atoms. The van der Waals surface area contributed by atoms with Gasteiger partial charge in [0.1, 0.15) is 0 Å². The Kier molecular flexibility index (Phi) is 6.65. The van der Waals surface area contributed by atoms with Gasteiger partial charge in [0.25, 0.3) is 5.91 Å². The lowest BCUT2D eigenvalue weighted by Crippen LogP contribution is -2.51. The van der Waals surface area contributed by atoms with E-state index >= 15 is 0 Å². The Morgan fingerprint density at radius 1 is 0.828 bits per heavy atom. The van der Waals surface area contributed by atoms with Crippen molar-refractivity contribution in [1.82, 2.24) is 10.2 Å². The zero-order valence-corrected chi connectivity index (χ0v) is 17.0. The van der Waals surface area contributed by atoms with Crippen molar-refractivity contribution in [2.24, 2.45) is 0 Å². The number of Topliss-reactive ketones (excluding diaryl/α,β-unsaturated/α-hetero) is 1. The number of hydrogen-bond donors (Lipinski definition) is 1. The second-order valence-corrected chi connectivity index (χ2v) is 7.47. The molecular formula is C23H27N3O3. The van der Waals surface area contributed by atoms with Crippen molar-refractivity contribution in [3.8, 4) is 0 Å². The van der Waals surface area contributed by atoms with Gasteiger partial charge in [-0.15, -0.1) is 0 Å². The fraction of sp³-hybridized carbons (Fsp3) is 0.348. The van der Waals surface area contributed by atoms with Gasteiger partial charge in [0.15, 0.2) is 0 Å². The number of carbonyl (C=O) groups is 3. The van der Waals surface area contributed by atoms with Crippen LogP contribution in [0.1, 0.15) is 16.7 Å². The fourth-order valence-corrected chi connectivity index (χ4v) is 3.31. The number of amides is 2. The van der Waals surface area contributed by atoms with Crippen LogP contribution in [0.5, 0.6) is 0 Å². The molecule has 1 aliphatic rings. The number of nitrogens with one attached hydrogen (secondary N) is 1. The van der Waals surface area contributed by atoms with Crippen LogP contribution in [0.2, 0.25) is 0 Å². The molecule has 0 aliphatic carbocycles. The summed E-state index contributed by atoms with van der Waals surface area (Å²) in [7, 11) is 0. The maximum atomic E-state index is 12.4. The van der Waals surface area contributed by atoms with Crippen LogP contribution in [0.3, 0.4) is 0 Å². The number of hydrogen-bond acceptors (Lipinski definition) is 4. The summed E-state index contributed by atoms with van der Waals surface area (Å²) in [5.41, 5.74) is 4.25. The first kappa shape index (κ1) is 20.6. The normalized spacial score (nSPS) is 13.9. The van der Waals surface area contributed by atoms with Gasteiger partial charge in [0.2, 0.25) is 11.7 Å². The van der Waals surface area contributed by atoms with Crippen LogP contribution in [0.25, 0.3) is 0 Å². The molecule has 0 aromatic heterocycles. The summed E-state index contributed by atoms with van der Waals surface area (Å²) >= 11 is 0. The molecular weight excluding hydrogens is 366 g/mol. The molecule has 152 valence electrons. The molecule has 6 nitrogen and oxygen atoms in total. The topological polar surface area (TPSA) is 69.7 Å². The lowest BCUT2D eigenvalue weighted by atomic mass is 10.1. The van der Waals surface area contributed by atoms with Gasteiger partial charge in [0.05, 0.1) is 6.54 Å². The maximum absolute atomic E-state index is 12.4. The number of piperazine rings is 1. The molecule has 0 unspecified atom stereocenters. The molecule has 0 spiro atoms. The summed E-state index contributed by atoms with van der Waals surface area (Å²) < 4.78 is 0. The Bertz CT molecular complexity index is 867. The first-order valence-corrected chi connectivity index (χ1v) is 9.88. The van der Waals surface area contributed by atoms with Gasteiger partial charge < -0.3 is 15.1 Å². The predicted molar refractivity (Wildman–Crippen MR) is 113 cm³/mol. The third kappa shape index (κ3) is 5.67. The highest BCUT2D eigenvalue weighted by molar-refractivity contribution is 6.36. The summed E-state index contributed by atoms with van der Waals surface area (Å²) in [4.78, 5) is 40.5. The van der Waals surface area contributed by atoms with Crippen LogP contribution in [0.4, 0.5) is 5.69 Å². The minimum Gasteiger partial charge on any atom is -0.368 e. The quantitative estimate of drug-likeness (QED) is 0.761. The summed E-state index contributed by atoms with van der Waals surface area (Å²) in [5.74, 6) is -1.41. The van der Waals surface area contributed by atoms with Crippen LogP contribution in [-0.2, 0) is 20.8 Å². The van der Waals surface area contributed by atoms with Crippen molar-refractivity contribution < 1.29 is 14.4 Å². The number of ketones is 1. The van der Waals surface area contributed by atoms with Crippen LogP contribution in [0, 0.1) is 13.8 Å². The molecule has 2 aromatic rings. The van der Waals surface area contributed by atoms with E-state index in [4.69, 9.17) is 0 Å². The highest BCUT2D eigenvalue weighted by Crippen LogP contribution is 2.17. The smallest absolute Gasteiger partial charge is 0.288 e. The number of aryl methyl sites for hydroxylation is 2. The van der Waals surface area contributed by atoms with E-state index < -0.39 is 11.7 Å². The van der Waals surface area contributed by atoms with Crippen molar-refractivity contribution in [3.63, 3.8) is 0 Å². The molecule has 3 rings (SSSR count). The Balaban J connectivity index is 1.42. The minimum atomic E-state index is -0.711. The number of anilines is 1. The Hall–Kier alpha value is -3.15. The van der Waals surface area contributed by atoms with Gasteiger partial charge in [-0.05, 0) is 31.5 Å². The second-order valence-electron chi connectivity index (χ2n) is 7.47. The van der Waals surface area contributed by atoms with Gasteiger partial charge in [-0.25, -0.2) is 0 Å². The van der Waals surface area contributed by atoms with Crippen molar-refractivity contribution >= 4 is 23.3 Å². The van der Waals surface area contributed by atoms with Crippen LogP contribution in [-0.4, -0.2) is 55.2 Å². The summed E-state index contributed by atoms with van der Waals surface area (Å²) in [6, 6.07) is 15.8. The van der Waals surface area contributed by atoms with Gasteiger partial charge >= 0.3 is 0 Å². The van der Waals surface area contributed by atoms with E-state index in [0.29, 0.717) is 13.1 Å². The first-order valence-electron chi connectivity index (χ1n) is 9.88. The van der Waals surface area contributed by atoms with E-state index in [1.54, 1.807) is 4.90 Å². The minimum absolute atomic E-state index is 0.0372. The lowest BCUT2D eigenvalue weighted by molar-refractivity contribution is -0.139. The Morgan fingerprint density at radius 2 is 1.38 bits per heavy atom. The van der Waals surface area contributed by atoms with Crippen LogP contribution in [0.15, 0.2) is 48.5 Å². The molecule has 0 saturated carbocycles. The monoisotopic (exact) mass is 393 g/mol. The van der Waals surface area contributed by atoms with E-state index in [0.717, 1.165) is 29.9 Å². The molecule has 2 aromatic carbocycles. The van der Waals surface area contributed by atoms with E-state index in [2.05, 4.69) is 41.4 Å². The van der Waals surface area contributed by atoms with Crippen molar-refractivity contribution in [2.45, 2.75) is 20.3 Å². The van der Waals surface area contributed by atoms with Crippen LogP contribution >= 0.6 is 0 Å². The maximum Gasteiger partial charge on any atom is 0.288 e. The molecule has 1 aliphatic heterocycles. The van der Waals surface area contributed by atoms with Gasteiger partial charge in [-0.1, -0.05) is 47.5 Å². The average molecular weight is 393 g/mol. The summed E-state index contributed by atoms with van der Waals surface area (Å²) in [6.07, 6.45) is 0.0372. The Morgan fingerprint density at radius 3 is 1.97 bits per heavy atom. The number of carbonyl (C=O) groups excluding carboxylic acids is 3. The molecule has 2 amide bonds. The van der Waals surface area contributed by atoms with E-state index in [-0.39, 0.29) is 18.9 Å². The largest absolute Gasteiger partial charge is 0.368 e. The molecule has 1 heterocycles. The average Bonchev–Trinajstić information content (AvgIpc) is 2.74. The molecule has 1 fully saturated rings. The van der Waals surface area contributed by atoms with Crippen molar-refractivity contribution in [3.05, 3.63) is 65.2 Å². The number of benzene rings is 2. The van der Waals surface area contributed by atoms with Gasteiger partial charge in [-0.2, -0.15) is 0 Å². The van der Waals surface area contributed by atoms with E-state index in [1.807, 2.05) is 31.2 Å². The summed E-state index contributed by atoms with van der Waals surface area (Å²) in [5, 5.41) is 2.47. The number of nitrogens with zero attached hydrogens (tertiary/aromatic N) is 2. The fourth-order valence-electron chi connectivity index (χ4n) is 3.31. The van der Waals surface area contributed by atoms with E-state index in [1.165, 1.54) is 5.56 Å². The molecule has 6 heteroatoms. The molecule has 0 radical (unpaired) electrons. The van der Waals surface area contributed by atoms with Gasteiger partial charge in [-0.3, -0.25) is 14.4 Å². The second kappa shape index (κ2) is 9.37. The van der Waals surface area contributed by atoms with E-state index in [9.17, 15) is 14.4 Å². The lowest BCUT2D eigenvalue weighted by Gasteiger charge is -2.36. The highest BCUT2D eigenvalue weighted by Gasteiger charge is 2.22. The standard InChI is InChI=1S/C23H27N3O3/c1-17-3-7-19(8-4-17)15-21(27)23(29)24-16-22(28)26-13-11-25(12-14-26)20-9-5-18(2)6-10-20/h3-10H,11-16H2,1-2H3,(H,24,29). The van der Waals surface area contributed by atoms with Crippen molar-refractivity contribution in [1.29, 1.82) is 0 Å². The molecule has 0 atom stereocenters. The summed E-state index contributed by atoms with van der Waals surface area (Å²) in [6.45, 7) is 6.55. The zero-order valence-electron chi connectivity index (χ0n) is 17.0. The van der Waals surface area contributed by atoms with Crippen molar-refractivity contribution in [2.75, 3.05) is 37.6 Å². The molecule has 1 N–H and O–H groups in total. The van der Waals surface area contributed by atoms with Crippen LogP contribution < -0.4 is 10.2 Å². The number of rotatable bonds is 6. The molecule has 29 heavy (non-hydrogen) atoms. The third-order valence-electron chi connectivity index (χ3n) is 5.17. The van der Waals surface area contributed by atoms with Gasteiger partial charge in [0, 0.05) is 38.3 Å². The highest BCUT2D eigenvalue weighted by atomic mass is 16.2.